The van der Waals surface area contributed by atoms with E-state index >= 15 is 0 Å². The Morgan fingerprint density at radius 3 is 2.47 bits per heavy atom. The van der Waals surface area contributed by atoms with Crippen LogP contribution >= 0.6 is 0 Å². The fourth-order valence-corrected chi connectivity index (χ4v) is 5.34. The first-order valence-corrected chi connectivity index (χ1v) is 12.7. The number of halogens is 4. The topological polar surface area (TPSA) is 105 Å². The number of aromatic nitrogens is 2. The Labute approximate surface area is 211 Å². The van der Waals surface area contributed by atoms with Crippen LogP contribution < -0.4 is 10.2 Å². The first-order chi connectivity index (χ1) is 17.9. The Morgan fingerprint density at radius 1 is 1.05 bits per heavy atom. The number of pyridine rings is 1. The number of nitrogens with one attached hydrogen (secondary N) is 1. The fourth-order valence-electron chi connectivity index (χ4n) is 4.83. The van der Waals surface area contributed by atoms with Crippen LogP contribution in [0, 0.1) is 11.3 Å². The van der Waals surface area contributed by atoms with Gasteiger partial charge in [-0.1, -0.05) is 18.2 Å². The molecular weight excluding hydrogens is 526 g/mol. The number of alkyl halides is 3. The van der Waals surface area contributed by atoms with Crippen LogP contribution in [0.2, 0.25) is 0 Å². The van der Waals surface area contributed by atoms with Crippen molar-refractivity contribution in [2.45, 2.75) is 30.1 Å². The van der Waals surface area contributed by atoms with Crippen LogP contribution in [0.1, 0.15) is 24.4 Å². The van der Waals surface area contributed by atoms with Gasteiger partial charge in [-0.2, -0.15) is 13.7 Å². The average Bonchev–Trinajstić information content (AvgIpc) is 3.61. The van der Waals surface area contributed by atoms with E-state index in [1.54, 1.807) is 18.2 Å². The van der Waals surface area contributed by atoms with Crippen molar-refractivity contribution in [1.82, 2.24) is 9.55 Å². The molecule has 3 aromatic carbocycles. The summed E-state index contributed by atoms with van der Waals surface area (Å²) in [4.78, 5) is 16.2. The molecule has 1 N–H and O–H groups in total. The van der Waals surface area contributed by atoms with Crippen LogP contribution in [0.15, 0.2) is 64.3 Å². The lowest BCUT2D eigenvalue weighted by Crippen LogP contribution is -2.18. The van der Waals surface area contributed by atoms with E-state index in [9.17, 15) is 35.5 Å². The van der Waals surface area contributed by atoms with Gasteiger partial charge in [0.1, 0.15) is 11.4 Å². The standard InChI is InChI=1S/C26H15F4N3O4S/c27-26(28,29)37-22-11-19-21(10-18(22)14-2-1-3-16(9-14)38(30,35)36)33(15-5-6-15)25-23(24(19)34)17-7-4-13(12-31)8-20(17)32-25/h1-4,7-11,15,32H,5-6H2. The summed E-state index contributed by atoms with van der Waals surface area (Å²) in [5.41, 5.74) is 0.882. The molecule has 1 aliphatic rings. The summed E-state index contributed by atoms with van der Waals surface area (Å²) in [7, 11) is -5.14. The number of nitriles is 1. The largest absolute Gasteiger partial charge is 0.573 e. The van der Waals surface area contributed by atoms with Gasteiger partial charge >= 0.3 is 16.6 Å². The van der Waals surface area contributed by atoms with Crippen LogP contribution in [-0.2, 0) is 10.2 Å². The van der Waals surface area contributed by atoms with Gasteiger partial charge in [0.15, 0.2) is 5.43 Å². The van der Waals surface area contributed by atoms with E-state index in [-0.39, 0.29) is 27.9 Å². The van der Waals surface area contributed by atoms with Crippen molar-refractivity contribution in [3.05, 3.63) is 70.4 Å². The predicted octanol–water partition coefficient (Wildman–Crippen LogP) is 6.07. The number of benzene rings is 3. The molecule has 2 aromatic heterocycles. The van der Waals surface area contributed by atoms with Crippen molar-refractivity contribution >= 4 is 43.1 Å². The zero-order valence-electron chi connectivity index (χ0n) is 19.1. The molecule has 0 amide bonds. The molecule has 0 unspecified atom stereocenters. The van der Waals surface area contributed by atoms with Crippen molar-refractivity contribution in [2.75, 3.05) is 0 Å². The lowest BCUT2D eigenvalue weighted by Gasteiger charge is -2.18. The fraction of sp³-hybridized carbons (Fsp3) is 0.154. The molecule has 5 aromatic rings. The average molecular weight is 541 g/mol. The summed E-state index contributed by atoms with van der Waals surface area (Å²) in [6.07, 6.45) is -3.60. The minimum Gasteiger partial charge on any atom is -0.405 e. The lowest BCUT2D eigenvalue weighted by molar-refractivity contribution is -0.274. The summed E-state index contributed by atoms with van der Waals surface area (Å²) >= 11 is 0. The Kier molecular flexibility index (Phi) is 5.09. The molecule has 0 spiro atoms. The molecule has 0 aliphatic heterocycles. The number of fused-ring (bicyclic) bond motifs is 4. The van der Waals surface area contributed by atoms with Crippen molar-refractivity contribution < 1.29 is 30.2 Å². The van der Waals surface area contributed by atoms with E-state index in [1.807, 2.05) is 10.6 Å². The van der Waals surface area contributed by atoms with E-state index in [1.165, 1.54) is 18.2 Å². The molecule has 38 heavy (non-hydrogen) atoms. The molecule has 1 fully saturated rings. The molecular formula is C26H15F4N3O4S. The van der Waals surface area contributed by atoms with Gasteiger partial charge in [0.25, 0.3) is 0 Å². The van der Waals surface area contributed by atoms with Crippen LogP contribution in [-0.4, -0.2) is 24.3 Å². The Balaban J connectivity index is 1.74. The van der Waals surface area contributed by atoms with E-state index in [0.717, 1.165) is 31.0 Å². The molecule has 2 heterocycles. The molecule has 192 valence electrons. The first kappa shape index (κ1) is 24.0. The highest BCUT2D eigenvalue weighted by atomic mass is 32.3. The second-order valence-electron chi connectivity index (χ2n) is 9.03. The van der Waals surface area contributed by atoms with Gasteiger partial charge in [-0.05, 0) is 54.8 Å². The molecule has 6 rings (SSSR count). The minimum absolute atomic E-state index is 0.0353. The van der Waals surface area contributed by atoms with E-state index in [0.29, 0.717) is 27.6 Å². The quantitative estimate of drug-likeness (QED) is 0.220. The summed E-state index contributed by atoms with van der Waals surface area (Å²) in [5, 5.41) is 10.0. The molecule has 7 nitrogen and oxygen atoms in total. The summed E-state index contributed by atoms with van der Waals surface area (Å²) < 4.78 is 83.0. The highest BCUT2D eigenvalue weighted by Crippen LogP contribution is 2.43. The van der Waals surface area contributed by atoms with Crippen molar-refractivity contribution in [2.24, 2.45) is 0 Å². The van der Waals surface area contributed by atoms with E-state index < -0.39 is 32.7 Å². The summed E-state index contributed by atoms with van der Waals surface area (Å²) in [5.74, 6) is -0.733. The molecule has 0 atom stereocenters. The number of hydrogen-bond acceptors (Lipinski definition) is 5. The third-order valence-corrected chi connectivity index (χ3v) is 7.36. The molecule has 1 aliphatic carbocycles. The van der Waals surface area contributed by atoms with Crippen molar-refractivity contribution in [3.8, 4) is 22.9 Å². The maximum atomic E-state index is 13.7. The van der Waals surface area contributed by atoms with Gasteiger partial charge < -0.3 is 14.3 Å². The van der Waals surface area contributed by atoms with Gasteiger partial charge in [-0.25, -0.2) is 0 Å². The SMILES string of the molecule is N#Cc1ccc2c(c1)[nH]c1c2c(=O)c2cc(OC(F)(F)F)c(-c3cccc(S(=O)(=O)F)c3)cc2n1C1CC1. The van der Waals surface area contributed by atoms with Crippen molar-refractivity contribution in [1.29, 1.82) is 5.26 Å². The maximum absolute atomic E-state index is 13.7. The Hall–Kier alpha value is -4.37. The van der Waals surface area contributed by atoms with Crippen LogP contribution in [0.25, 0.3) is 44.0 Å². The third kappa shape index (κ3) is 3.95. The number of rotatable bonds is 4. The number of nitrogens with zero attached hydrogens (tertiary/aromatic N) is 2. The zero-order chi connectivity index (χ0) is 27.0. The zero-order valence-corrected chi connectivity index (χ0v) is 20.0. The normalized spacial score (nSPS) is 14.3. The smallest absolute Gasteiger partial charge is 0.405 e. The van der Waals surface area contributed by atoms with Gasteiger partial charge in [0.2, 0.25) is 0 Å². The minimum atomic E-state index is -5.14. The monoisotopic (exact) mass is 541 g/mol. The number of ether oxygens (including phenoxy) is 1. The number of aromatic amines is 1. The summed E-state index contributed by atoms with van der Waals surface area (Å²) in [6, 6.07) is 13.4. The molecule has 1 saturated carbocycles. The van der Waals surface area contributed by atoms with Crippen LogP contribution in [0.5, 0.6) is 5.75 Å². The first-order valence-electron chi connectivity index (χ1n) is 11.3. The second-order valence-corrected chi connectivity index (χ2v) is 10.4. The van der Waals surface area contributed by atoms with E-state index in [4.69, 9.17) is 0 Å². The van der Waals surface area contributed by atoms with Gasteiger partial charge in [0.05, 0.1) is 32.8 Å². The van der Waals surface area contributed by atoms with Crippen LogP contribution in [0.3, 0.4) is 0 Å². The second kappa shape index (κ2) is 8.06. The molecule has 0 saturated heterocycles. The van der Waals surface area contributed by atoms with Gasteiger partial charge in [-0.15, -0.1) is 17.1 Å². The van der Waals surface area contributed by atoms with Gasteiger partial charge in [0, 0.05) is 22.5 Å². The highest BCUT2D eigenvalue weighted by Gasteiger charge is 2.34. The Bertz CT molecular complexity index is 2020. The highest BCUT2D eigenvalue weighted by molar-refractivity contribution is 7.86. The number of H-pyrrole nitrogens is 1. The van der Waals surface area contributed by atoms with Crippen LogP contribution in [0.4, 0.5) is 17.1 Å². The molecule has 0 bridgehead atoms. The maximum Gasteiger partial charge on any atom is 0.573 e. The Morgan fingerprint density at radius 2 is 1.82 bits per heavy atom. The lowest BCUT2D eigenvalue weighted by atomic mass is 10.0. The van der Waals surface area contributed by atoms with Crippen molar-refractivity contribution in [3.63, 3.8) is 0 Å². The molecule has 12 heteroatoms. The predicted molar refractivity (Wildman–Crippen MR) is 131 cm³/mol. The third-order valence-electron chi connectivity index (χ3n) is 6.54. The van der Waals surface area contributed by atoms with Gasteiger partial charge in [-0.3, -0.25) is 4.79 Å². The van der Waals surface area contributed by atoms with E-state index in [2.05, 4.69) is 9.72 Å². The molecule has 0 radical (unpaired) electrons. The number of hydrogen-bond donors (Lipinski definition) is 1. The summed E-state index contributed by atoms with van der Waals surface area (Å²) in [6.45, 7) is 0.